The van der Waals surface area contributed by atoms with E-state index in [-0.39, 0.29) is 55.6 Å². The van der Waals surface area contributed by atoms with E-state index in [4.69, 9.17) is 31.8 Å². The van der Waals surface area contributed by atoms with Crippen molar-refractivity contribution in [3.63, 3.8) is 0 Å². The SMILES string of the molecule is [2H]c1c([2H])c([2H])c2c(c1[2H])c1c([2H])c([2H])c([2H])c([2H])c1n2-c1ccc2c(c1)N(c1c(-c3cc(C(C)(C)C)nc(C(C)(C)C)c3)cccc1-c1cc(C(C)(C)C)nc(C(C)(C)C)c1)c1cc(-c3ccc4c(c3)c3ccccc3n4-c3ccccc3)cc3c1B2c1ccc(Cl)cc1O3. The van der Waals surface area contributed by atoms with E-state index >= 15 is 0 Å². The van der Waals surface area contributed by atoms with Gasteiger partial charge in [-0.3, -0.25) is 9.97 Å². The molecule has 8 heteroatoms. The highest BCUT2D eigenvalue weighted by atomic mass is 35.5. The predicted molar refractivity (Wildman–Crippen MR) is 373 cm³/mol. The second-order valence-corrected chi connectivity index (χ2v) is 28.3. The van der Waals surface area contributed by atoms with Gasteiger partial charge in [0.05, 0.1) is 38.7 Å². The molecule has 0 saturated carbocycles. The van der Waals surface area contributed by atoms with E-state index in [1.165, 1.54) is 0 Å². The van der Waals surface area contributed by atoms with Gasteiger partial charge in [-0.25, -0.2) is 0 Å². The molecule has 0 atom stereocenters. The van der Waals surface area contributed by atoms with Gasteiger partial charge in [0.25, 0.3) is 6.71 Å². The van der Waals surface area contributed by atoms with Crippen molar-refractivity contribution in [1.29, 1.82) is 0 Å². The Morgan fingerprint density at radius 2 is 0.955 bits per heavy atom. The van der Waals surface area contributed by atoms with Gasteiger partial charge in [-0.2, -0.15) is 0 Å². The van der Waals surface area contributed by atoms with Gasteiger partial charge in [0, 0.05) is 105 Å². The minimum absolute atomic E-state index is 0.00656. The Hall–Kier alpha value is -9.17. The Kier molecular flexibility index (Phi) is 10.6. The zero-order valence-electron chi connectivity index (χ0n) is 59.7. The number of ether oxygens (including phenoxy) is 1. The number of nitrogens with zero attached hydrogens (tertiary/aromatic N) is 5. The van der Waals surface area contributed by atoms with Crippen molar-refractivity contribution < 1.29 is 15.7 Å². The highest BCUT2D eigenvalue weighted by molar-refractivity contribution is 6.99. The first-order chi connectivity index (χ1) is 45.4. The van der Waals surface area contributed by atoms with Crippen molar-refractivity contribution in [2.75, 3.05) is 4.90 Å². The lowest BCUT2D eigenvalue weighted by Crippen LogP contribution is -2.59. The Bertz CT molecular complexity index is 5280. The molecule has 88 heavy (non-hydrogen) atoms. The van der Waals surface area contributed by atoms with Crippen LogP contribution in [-0.2, 0) is 21.7 Å². The molecule has 15 rings (SSSR count). The molecule has 0 saturated heterocycles. The van der Waals surface area contributed by atoms with E-state index < -0.39 is 43.0 Å². The fourth-order valence-electron chi connectivity index (χ4n) is 13.1. The average molecular weight is 1170 g/mol. The number of anilines is 3. The quantitative estimate of drug-likeness (QED) is 0.156. The van der Waals surface area contributed by atoms with Gasteiger partial charge in [0.2, 0.25) is 0 Å². The molecule has 9 aromatic carbocycles. The fraction of sp³-hybridized carbons (Fsp3) is 0.200. The average Bonchev–Trinajstić information content (AvgIpc) is 1.21. The highest BCUT2D eigenvalue weighted by Crippen LogP contribution is 2.52. The molecule has 4 aromatic heterocycles. The molecule has 0 radical (unpaired) electrons. The summed E-state index contributed by atoms with van der Waals surface area (Å²) in [6.07, 6.45) is 0. The maximum atomic E-state index is 9.71. The lowest BCUT2D eigenvalue weighted by molar-refractivity contribution is 0.488. The summed E-state index contributed by atoms with van der Waals surface area (Å²) in [6, 6.07) is 53.6. The number of rotatable bonds is 6. The third-order valence-corrected chi connectivity index (χ3v) is 17.9. The number of hydrogen-bond acceptors (Lipinski definition) is 4. The molecule has 0 amide bonds. The normalized spacial score (nSPS) is 14.6. The van der Waals surface area contributed by atoms with Crippen LogP contribution in [0, 0.1) is 0 Å². The number of fused-ring (bicyclic) bond motifs is 10. The number of aromatic nitrogens is 4. The summed E-state index contributed by atoms with van der Waals surface area (Å²) in [7, 11) is 0. The van der Waals surface area contributed by atoms with E-state index in [0.29, 0.717) is 27.9 Å². The van der Waals surface area contributed by atoms with Crippen LogP contribution in [0.15, 0.2) is 212 Å². The number of benzene rings is 9. The lowest BCUT2D eigenvalue weighted by Gasteiger charge is -2.42. The molecular weight excluding hydrogens is 1090 g/mol. The van der Waals surface area contributed by atoms with Crippen LogP contribution in [0.5, 0.6) is 11.5 Å². The number of halogens is 1. The van der Waals surface area contributed by atoms with Crippen molar-refractivity contribution in [3.8, 4) is 56.3 Å². The lowest BCUT2D eigenvalue weighted by atomic mass is 9.34. The number of hydrogen-bond donors (Lipinski definition) is 0. The molecule has 432 valence electrons. The van der Waals surface area contributed by atoms with Crippen LogP contribution in [0.25, 0.3) is 88.4 Å². The minimum atomic E-state index is -0.511. The fourth-order valence-corrected chi connectivity index (χ4v) is 13.3. The summed E-state index contributed by atoms with van der Waals surface area (Å²) in [6.45, 7) is 25.8. The molecule has 0 bridgehead atoms. The monoisotopic (exact) mass is 1170 g/mol. The molecule has 0 spiro atoms. The molecule has 0 N–H and O–H groups in total. The zero-order valence-corrected chi connectivity index (χ0v) is 52.4. The van der Waals surface area contributed by atoms with E-state index in [0.717, 1.165) is 111 Å². The van der Waals surface area contributed by atoms with E-state index in [1.807, 2.05) is 36.4 Å². The van der Waals surface area contributed by atoms with E-state index in [1.54, 1.807) is 4.57 Å². The molecule has 0 fully saturated rings. The summed E-state index contributed by atoms with van der Waals surface area (Å²) < 4.78 is 85.8. The van der Waals surface area contributed by atoms with Crippen LogP contribution >= 0.6 is 11.6 Å². The first-order valence-electron chi connectivity index (χ1n) is 34.3. The third kappa shape index (κ3) is 9.06. The van der Waals surface area contributed by atoms with E-state index in [2.05, 4.69) is 220 Å². The van der Waals surface area contributed by atoms with Gasteiger partial charge in [0.1, 0.15) is 11.5 Å². The van der Waals surface area contributed by atoms with Gasteiger partial charge in [0.15, 0.2) is 0 Å². The minimum Gasteiger partial charge on any atom is -0.458 e. The Morgan fingerprint density at radius 1 is 0.409 bits per heavy atom. The van der Waals surface area contributed by atoms with Gasteiger partial charge in [-0.1, -0.05) is 204 Å². The van der Waals surface area contributed by atoms with Crippen LogP contribution in [0.1, 0.15) is 117 Å². The summed E-state index contributed by atoms with van der Waals surface area (Å²) in [4.78, 5) is 13.2. The molecule has 6 nitrogen and oxygen atoms in total. The molecule has 0 unspecified atom stereocenters. The van der Waals surface area contributed by atoms with E-state index in [9.17, 15) is 5.48 Å². The van der Waals surface area contributed by atoms with Crippen LogP contribution < -0.4 is 26.0 Å². The largest absolute Gasteiger partial charge is 0.458 e. The van der Waals surface area contributed by atoms with Crippen molar-refractivity contribution in [3.05, 3.63) is 240 Å². The number of para-hydroxylation sites is 5. The summed E-state index contributed by atoms with van der Waals surface area (Å²) >= 11 is 6.98. The molecule has 13 aromatic rings. The topological polar surface area (TPSA) is 48.1 Å². The first kappa shape index (κ1) is 47.0. The second-order valence-electron chi connectivity index (χ2n) is 27.9. The molecule has 2 aliphatic heterocycles. The first-order valence-corrected chi connectivity index (χ1v) is 30.7. The smallest absolute Gasteiger partial charge is 0.256 e. The maximum Gasteiger partial charge on any atom is 0.256 e. The highest BCUT2D eigenvalue weighted by Gasteiger charge is 2.44. The third-order valence-electron chi connectivity index (χ3n) is 17.6. The van der Waals surface area contributed by atoms with Crippen LogP contribution in [0.2, 0.25) is 5.02 Å². The number of pyridine rings is 2. The van der Waals surface area contributed by atoms with Crippen molar-refractivity contribution in [2.24, 2.45) is 0 Å². The Morgan fingerprint density at radius 3 is 1.56 bits per heavy atom. The van der Waals surface area contributed by atoms with Gasteiger partial charge < -0.3 is 18.8 Å². The van der Waals surface area contributed by atoms with Crippen LogP contribution in [0.4, 0.5) is 17.1 Å². The van der Waals surface area contributed by atoms with Crippen molar-refractivity contribution in [1.82, 2.24) is 19.1 Å². The standard InChI is InChI=1S/C80H71BClN5O/c1-77(2,3)71-42-50(43-72(83-71)78(4,5)6)55-28-22-29-56(51-44-73(79(7,8)9)84-74(45-51)80(10,11)12)76(55)87-67-47-54(86-63-30-19-16-25-57(63)58-26-17-20-31-64(58)86)35-37-61(67)81-62-36-34-52(82)46-69(62)88-70-41-49(40-68(87)75(70)81)48-33-38-66-60(39-48)59-27-18-21-32-65(59)85(66)53-23-14-13-15-24-53/h13-47H,1-12H3/i16D,17D,19D,20D,25D,26D,30D,31D. The molecule has 6 heterocycles. The molecule has 2 aliphatic rings. The molecular formula is C80H71BClN5O. The van der Waals surface area contributed by atoms with Crippen LogP contribution in [-0.4, -0.2) is 25.8 Å². The Labute approximate surface area is 533 Å². The molecule has 0 aliphatic carbocycles. The second kappa shape index (κ2) is 19.9. The summed E-state index contributed by atoms with van der Waals surface area (Å²) in [5.74, 6) is 1.22. The van der Waals surface area contributed by atoms with Crippen molar-refractivity contribution >= 4 is 95.4 Å². The Balaban J connectivity index is 1.13. The maximum absolute atomic E-state index is 9.71. The van der Waals surface area contributed by atoms with Gasteiger partial charge in [-0.15, -0.1) is 0 Å². The van der Waals surface area contributed by atoms with Crippen molar-refractivity contribution in [2.45, 2.75) is 105 Å². The predicted octanol–water partition coefficient (Wildman–Crippen LogP) is 19.9. The summed E-state index contributed by atoms with van der Waals surface area (Å²) in [5.41, 5.74) is 16.3. The van der Waals surface area contributed by atoms with Gasteiger partial charge in [-0.05, 0) is 142 Å². The van der Waals surface area contributed by atoms with Gasteiger partial charge >= 0.3 is 0 Å². The van der Waals surface area contributed by atoms with Crippen LogP contribution in [0.3, 0.4) is 0 Å². The summed E-state index contributed by atoms with van der Waals surface area (Å²) in [5, 5.41) is 2.66. The zero-order chi connectivity index (χ0) is 67.9.